The van der Waals surface area contributed by atoms with Gasteiger partial charge in [0, 0.05) is 10.6 Å². The number of benzene rings is 1. The van der Waals surface area contributed by atoms with E-state index >= 15 is 0 Å². The topological polar surface area (TPSA) is 92.0 Å². The number of aromatic amines is 1. The number of anilines is 1. The average Bonchev–Trinajstić information content (AvgIpc) is 3.13. The Kier molecular flexibility index (Phi) is 3.65. The molecular weight excluding hydrogens is 292 g/mol. The van der Waals surface area contributed by atoms with Crippen molar-refractivity contribution < 1.29 is 4.42 Å². The Labute approximate surface area is 125 Å². The van der Waals surface area contributed by atoms with Crippen molar-refractivity contribution in [2.75, 3.05) is 5.43 Å². The van der Waals surface area contributed by atoms with Crippen molar-refractivity contribution in [3.63, 3.8) is 0 Å². The van der Waals surface area contributed by atoms with Crippen LogP contribution < -0.4 is 5.43 Å². The number of nitrogens with zero attached hydrogens (tertiary/aromatic N) is 4. The summed E-state index contributed by atoms with van der Waals surface area (Å²) in [6.07, 6.45) is 1.52. The quantitative estimate of drug-likeness (QED) is 0.571. The zero-order chi connectivity index (χ0) is 14.7. The maximum atomic E-state index is 6.11. The molecule has 0 spiro atoms. The fourth-order valence-electron chi connectivity index (χ4n) is 1.69. The summed E-state index contributed by atoms with van der Waals surface area (Å²) in [4.78, 5) is 0. The van der Waals surface area contributed by atoms with Crippen LogP contribution in [0.4, 0.5) is 5.95 Å². The van der Waals surface area contributed by atoms with Gasteiger partial charge in [0.15, 0.2) is 0 Å². The molecule has 1 aromatic carbocycles. The number of furan rings is 1. The van der Waals surface area contributed by atoms with E-state index in [1.54, 1.807) is 0 Å². The van der Waals surface area contributed by atoms with E-state index in [4.69, 9.17) is 16.0 Å². The minimum Gasteiger partial charge on any atom is -0.455 e. The summed E-state index contributed by atoms with van der Waals surface area (Å²) in [7, 11) is 0. The molecule has 0 saturated heterocycles. The van der Waals surface area contributed by atoms with Gasteiger partial charge in [0.05, 0.1) is 6.21 Å². The summed E-state index contributed by atoms with van der Waals surface area (Å²) in [6, 6.07) is 9.44. The van der Waals surface area contributed by atoms with E-state index in [1.165, 1.54) is 6.21 Å². The van der Waals surface area contributed by atoms with Gasteiger partial charge in [-0.05, 0) is 35.9 Å². The molecule has 3 aromatic rings. The normalized spacial score (nSPS) is 11.1. The van der Waals surface area contributed by atoms with Crippen molar-refractivity contribution >= 4 is 23.8 Å². The van der Waals surface area contributed by atoms with Crippen molar-refractivity contribution in [2.24, 2.45) is 5.10 Å². The van der Waals surface area contributed by atoms with Crippen LogP contribution in [0.5, 0.6) is 0 Å². The number of hydrogen-bond donors (Lipinski definition) is 2. The molecule has 8 heteroatoms. The lowest BCUT2D eigenvalue weighted by molar-refractivity contribution is 0.575. The molecule has 3 rings (SSSR count). The first-order valence-electron chi connectivity index (χ1n) is 6.11. The van der Waals surface area contributed by atoms with E-state index in [9.17, 15) is 0 Å². The second-order valence-corrected chi connectivity index (χ2v) is 4.68. The molecule has 0 radical (unpaired) electrons. The van der Waals surface area contributed by atoms with Crippen LogP contribution in [-0.2, 0) is 0 Å². The number of hydrazone groups is 1. The van der Waals surface area contributed by atoms with Crippen LogP contribution in [0.15, 0.2) is 39.9 Å². The van der Waals surface area contributed by atoms with Crippen molar-refractivity contribution in [3.05, 3.63) is 46.7 Å². The van der Waals surface area contributed by atoms with Crippen LogP contribution >= 0.6 is 11.6 Å². The summed E-state index contributed by atoms with van der Waals surface area (Å²) >= 11 is 6.11. The summed E-state index contributed by atoms with van der Waals surface area (Å²) in [5.41, 5.74) is 4.55. The lowest BCUT2D eigenvalue weighted by atomic mass is 10.1. The second-order valence-electron chi connectivity index (χ2n) is 4.27. The summed E-state index contributed by atoms with van der Waals surface area (Å²) in [6.45, 7) is 1.95. The summed E-state index contributed by atoms with van der Waals surface area (Å²) < 4.78 is 5.67. The third-order valence-electron chi connectivity index (χ3n) is 2.78. The Hall–Kier alpha value is -2.67. The van der Waals surface area contributed by atoms with E-state index < -0.39 is 0 Å². The average molecular weight is 303 g/mol. The number of aromatic nitrogens is 4. The Morgan fingerprint density at radius 3 is 3.00 bits per heavy atom. The fraction of sp³-hybridized carbons (Fsp3) is 0.0769. The molecule has 2 heterocycles. The van der Waals surface area contributed by atoms with Crippen molar-refractivity contribution in [2.45, 2.75) is 6.92 Å². The number of nitrogens with one attached hydrogen (secondary N) is 2. The molecule has 0 atom stereocenters. The molecule has 0 aliphatic carbocycles. The van der Waals surface area contributed by atoms with E-state index in [2.05, 4.69) is 31.2 Å². The molecule has 106 valence electrons. The third kappa shape index (κ3) is 3.09. The number of hydrogen-bond acceptors (Lipinski definition) is 6. The molecule has 2 N–H and O–H groups in total. The second kappa shape index (κ2) is 5.76. The predicted octanol–water partition coefficient (Wildman–Crippen LogP) is 2.87. The van der Waals surface area contributed by atoms with E-state index in [0.29, 0.717) is 10.8 Å². The minimum absolute atomic E-state index is 0.281. The SMILES string of the molecule is Cc1ccc(-c2ccc(/C=N\Nc3nn[nH]n3)o2)cc1Cl. The van der Waals surface area contributed by atoms with E-state index in [-0.39, 0.29) is 5.95 Å². The first-order valence-corrected chi connectivity index (χ1v) is 6.49. The Morgan fingerprint density at radius 2 is 2.24 bits per heavy atom. The van der Waals surface area contributed by atoms with E-state index in [0.717, 1.165) is 16.9 Å². The number of rotatable bonds is 4. The maximum Gasteiger partial charge on any atom is 0.283 e. The standard InChI is InChI=1S/C13H11ClN6O/c1-8-2-3-9(6-11(8)14)12-5-4-10(21-12)7-15-16-13-17-19-20-18-13/h2-7H,1H3,(H2,16,17,18,19,20)/b15-7-. The van der Waals surface area contributed by atoms with Crippen molar-refractivity contribution in [1.29, 1.82) is 0 Å². The third-order valence-corrected chi connectivity index (χ3v) is 3.19. The molecule has 7 nitrogen and oxygen atoms in total. The largest absolute Gasteiger partial charge is 0.455 e. The van der Waals surface area contributed by atoms with Gasteiger partial charge in [0.2, 0.25) is 0 Å². The van der Waals surface area contributed by atoms with Gasteiger partial charge in [-0.15, -0.1) is 5.10 Å². The molecule has 0 amide bonds. The fourth-order valence-corrected chi connectivity index (χ4v) is 1.87. The molecule has 0 saturated carbocycles. The molecule has 0 fully saturated rings. The highest BCUT2D eigenvalue weighted by Gasteiger charge is 2.05. The molecule has 0 aliphatic rings. The highest BCUT2D eigenvalue weighted by molar-refractivity contribution is 6.31. The highest BCUT2D eigenvalue weighted by Crippen LogP contribution is 2.26. The van der Waals surface area contributed by atoms with Gasteiger partial charge < -0.3 is 4.42 Å². The van der Waals surface area contributed by atoms with Gasteiger partial charge in [-0.3, -0.25) is 0 Å². The maximum absolute atomic E-state index is 6.11. The zero-order valence-electron chi connectivity index (χ0n) is 11.0. The van der Waals surface area contributed by atoms with E-state index in [1.807, 2.05) is 37.3 Å². The van der Waals surface area contributed by atoms with Crippen molar-refractivity contribution in [1.82, 2.24) is 20.6 Å². The van der Waals surface area contributed by atoms with Crippen LogP contribution in [0.3, 0.4) is 0 Å². The molecule has 0 unspecified atom stereocenters. The number of halogens is 1. The Bertz CT molecular complexity index is 765. The van der Waals surface area contributed by atoms with Crippen LogP contribution in [0.1, 0.15) is 11.3 Å². The lowest BCUT2D eigenvalue weighted by Gasteiger charge is -2.00. The van der Waals surface area contributed by atoms with Crippen LogP contribution in [0.2, 0.25) is 5.02 Å². The van der Waals surface area contributed by atoms with Crippen molar-refractivity contribution in [3.8, 4) is 11.3 Å². The first-order chi connectivity index (χ1) is 10.2. The van der Waals surface area contributed by atoms with Crippen LogP contribution in [0, 0.1) is 6.92 Å². The van der Waals surface area contributed by atoms with Gasteiger partial charge in [0.25, 0.3) is 5.95 Å². The van der Waals surface area contributed by atoms with Gasteiger partial charge in [-0.2, -0.15) is 10.3 Å². The van der Waals surface area contributed by atoms with Crippen LogP contribution in [0.25, 0.3) is 11.3 Å². The first kappa shape index (κ1) is 13.3. The smallest absolute Gasteiger partial charge is 0.283 e. The van der Waals surface area contributed by atoms with Crippen LogP contribution in [-0.4, -0.2) is 26.8 Å². The van der Waals surface area contributed by atoms with Gasteiger partial charge in [0.1, 0.15) is 11.5 Å². The predicted molar refractivity (Wildman–Crippen MR) is 79.3 cm³/mol. The van der Waals surface area contributed by atoms with Gasteiger partial charge >= 0.3 is 0 Å². The van der Waals surface area contributed by atoms with Gasteiger partial charge in [-0.1, -0.05) is 28.8 Å². The Morgan fingerprint density at radius 1 is 1.33 bits per heavy atom. The highest BCUT2D eigenvalue weighted by atomic mass is 35.5. The molecule has 0 aliphatic heterocycles. The molecule has 0 bridgehead atoms. The summed E-state index contributed by atoms with van der Waals surface area (Å²) in [5.74, 6) is 1.60. The zero-order valence-corrected chi connectivity index (χ0v) is 11.8. The molecular formula is C13H11ClN6O. The monoisotopic (exact) mass is 302 g/mol. The number of aryl methyl sites for hydroxylation is 1. The molecule has 21 heavy (non-hydrogen) atoms. The number of H-pyrrole nitrogens is 1. The van der Waals surface area contributed by atoms with Gasteiger partial charge in [-0.25, -0.2) is 5.43 Å². The summed E-state index contributed by atoms with van der Waals surface area (Å²) in [5, 5.41) is 17.8. The number of tetrazole rings is 1. The minimum atomic E-state index is 0.281. The molecule has 2 aromatic heterocycles. The lowest BCUT2D eigenvalue weighted by Crippen LogP contribution is -1.91. The Balaban J connectivity index is 1.73.